The maximum absolute atomic E-state index is 5.76. The molecule has 10 heteroatoms. The lowest BCUT2D eigenvalue weighted by molar-refractivity contribution is 0.0704. The van der Waals surface area contributed by atoms with Crippen molar-refractivity contribution in [3.8, 4) is 11.3 Å². The number of rotatable bonds is 3. The van der Waals surface area contributed by atoms with E-state index in [1.807, 2.05) is 13.3 Å². The first-order valence-electron chi connectivity index (χ1n) is 9.95. The van der Waals surface area contributed by atoms with Crippen LogP contribution in [0.4, 0.5) is 11.9 Å². The van der Waals surface area contributed by atoms with Gasteiger partial charge in [-0.2, -0.15) is 4.98 Å². The van der Waals surface area contributed by atoms with Crippen molar-refractivity contribution in [2.75, 3.05) is 50.2 Å². The van der Waals surface area contributed by atoms with E-state index >= 15 is 0 Å². The maximum Gasteiger partial charge on any atom is 0.228 e. The molecule has 0 bridgehead atoms. The van der Waals surface area contributed by atoms with Gasteiger partial charge in [-0.15, -0.1) is 0 Å². The minimum absolute atomic E-state index is 0.248. The van der Waals surface area contributed by atoms with Crippen molar-refractivity contribution >= 4 is 23.1 Å². The summed E-state index contributed by atoms with van der Waals surface area (Å²) in [5, 5.41) is 0. The SMILES string of the molecule is Cc1nc(N)ncc1-c1nc(N2CCOCC2)nc2c1ncn2C1CCOCC1. The Morgan fingerprint density at radius 3 is 2.52 bits per heavy atom. The molecule has 152 valence electrons. The molecule has 0 spiro atoms. The van der Waals surface area contributed by atoms with Crippen LogP contribution in [0, 0.1) is 6.92 Å². The van der Waals surface area contributed by atoms with Crippen molar-refractivity contribution in [2.24, 2.45) is 0 Å². The van der Waals surface area contributed by atoms with Crippen LogP contribution in [0.2, 0.25) is 0 Å². The lowest BCUT2D eigenvalue weighted by atomic mass is 10.1. The van der Waals surface area contributed by atoms with Crippen molar-refractivity contribution in [1.82, 2.24) is 29.5 Å². The lowest BCUT2D eigenvalue weighted by Gasteiger charge is -2.28. The molecule has 0 aliphatic carbocycles. The summed E-state index contributed by atoms with van der Waals surface area (Å²) in [6.07, 6.45) is 5.48. The third-order valence-corrected chi connectivity index (χ3v) is 5.54. The van der Waals surface area contributed by atoms with E-state index in [-0.39, 0.29) is 5.95 Å². The van der Waals surface area contributed by atoms with Gasteiger partial charge in [0.1, 0.15) is 11.2 Å². The number of aryl methyl sites for hydroxylation is 1. The summed E-state index contributed by atoms with van der Waals surface area (Å²) < 4.78 is 13.2. The summed E-state index contributed by atoms with van der Waals surface area (Å²) >= 11 is 0. The first-order chi connectivity index (χ1) is 14.2. The lowest BCUT2D eigenvalue weighted by Crippen LogP contribution is -2.37. The van der Waals surface area contributed by atoms with Gasteiger partial charge in [0.15, 0.2) is 5.65 Å². The monoisotopic (exact) mass is 396 g/mol. The minimum atomic E-state index is 0.248. The van der Waals surface area contributed by atoms with Crippen LogP contribution in [0.1, 0.15) is 24.6 Å². The number of anilines is 2. The van der Waals surface area contributed by atoms with Gasteiger partial charge in [0.2, 0.25) is 11.9 Å². The number of imidazole rings is 1. The summed E-state index contributed by atoms with van der Waals surface area (Å²) in [6.45, 7) is 6.26. The second kappa shape index (κ2) is 7.53. The van der Waals surface area contributed by atoms with Gasteiger partial charge >= 0.3 is 0 Å². The Bertz CT molecular complexity index is 1020. The molecule has 0 saturated carbocycles. The van der Waals surface area contributed by atoms with Gasteiger partial charge in [0, 0.05) is 44.1 Å². The molecule has 0 aromatic carbocycles. The molecule has 29 heavy (non-hydrogen) atoms. The van der Waals surface area contributed by atoms with E-state index in [9.17, 15) is 0 Å². The third-order valence-electron chi connectivity index (χ3n) is 5.54. The fraction of sp³-hybridized carbons (Fsp3) is 0.526. The predicted molar refractivity (Wildman–Crippen MR) is 108 cm³/mol. The zero-order valence-electron chi connectivity index (χ0n) is 16.4. The Balaban J connectivity index is 1.68. The average molecular weight is 396 g/mol. The standard InChI is InChI=1S/C19H24N8O2/c1-12-14(10-21-18(20)23-12)15-16-17(25-19(24-15)26-4-8-29-9-5-26)27(11-22-16)13-2-6-28-7-3-13/h10-11,13H,2-9H2,1H3,(H2,20,21,23). The van der Waals surface area contributed by atoms with Crippen molar-refractivity contribution < 1.29 is 9.47 Å². The predicted octanol–water partition coefficient (Wildman–Crippen LogP) is 1.36. The summed E-state index contributed by atoms with van der Waals surface area (Å²) in [5.41, 5.74) is 9.67. The van der Waals surface area contributed by atoms with Crippen LogP contribution < -0.4 is 10.6 Å². The molecule has 2 aliphatic heterocycles. The zero-order valence-corrected chi connectivity index (χ0v) is 16.4. The van der Waals surface area contributed by atoms with Crippen LogP contribution in [0.15, 0.2) is 12.5 Å². The summed E-state index contributed by atoms with van der Waals surface area (Å²) in [6, 6.07) is 0.317. The second-order valence-corrected chi connectivity index (χ2v) is 7.37. The second-order valence-electron chi connectivity index (χ2n) is 7.37. The van der Waals surface area contributed by atoms with E-state index < -0.39 is 0 Å². The smallest absolute Gasteiger partial charge is 0.228 e. The number of aromatic nitrogens is 6. The van der Waals surface area contributed by atoms with Gasteiger partial charge in [-0.25, -0.2) is 19.9 Å². The van der Waals surface area contributed by atoms with Crippen molar-refractivity contribution in [1.29, 1.82) is 0 Å². The van der Waals surface area contributed by atoms with Crippen LogP contribution in [0.3, 0.4) is 0 Å². The van der Waals surface area contributed by atoms with E-state index in [2.05, 4.69) is 24.4 Å². The molecule has 0 unspecified atom stereocenters. The Morgan fingerprint density at radius 1 is 1.00 bits per heavy atom. The van der Waals surface area contributed by atoms with Gasteiger partial charge in [0.25, 0.3) is 0 Å². The van der Waals surface area contributed by atoms with E-state index in [1.165, 1.54) is 0 Å². The van der Waals surface area contributed by atoms with Crippen molar-refractivity contribution in [3.05, 3.63) is 18.2 Å². The Kier molecular flexibility index (Phi) is 4.72. The number of fused-ring (bicyclic) bond motifs is 1. The molecule has 2 N–H and O–H groups in total. The molecule has 2 saturated heterocycles. The normalized spacial score (nSPS) is 18.4. The Labute approximate surface area is 168 Å². The van der Waals surface area contributed by atoms with Gasteiger partial charge < -0.3 is 24.7 Å². The zero-order chi connectivity index (χ0) is 19.8. The van der Waals surface area contributed by atoms with Crippen LogP contribution in [0.5, 0.6) is 0 Å². The highest BCUT2D eigenvalue weighted by atomic mass is 16.5. The van der Waals surface area contributed by atoms with Crippen LogP contribution in [-0.2, 0) is 9.47 Å². The van der Waals surface area contributed by atoms with E-state index in [0.717, 1.165) is 67.3 Å². The van der Waals surface area contributed by atoms with E-state index in [1.54, 1.807) is 6.20 Å². The first-order valence-corrected chi connectivity index (χ1v) is 9.95. The highest BCUT2D eigenvalue weighted by Gasteiger charge is 2.24. The summed E-state index contributed by atoms with van der Waals surface area (Å²) in [7, 11) is 0. The number of nitrogens with zero attached hydrogens (tertiary/aromatic N) is 7. The summed E-state index contributed by atoms with van der Waals surface area (Å²) in [5.74, 6) is 0.929. The highest BCUT2D eigenvalue weighted by molar-refractivity contribution is 5.89. The molecule has 10 nitrogen and oxygen atoms in total. The average Bonchev–Trinajstić information content (AvgIpc) is 3.19. The fourth-order valence-electron chi connectivity index (χ4n) is 3.95. The number of morpholine rings is 1. The van der Waals surface area contributed by atoms with Crippen molar-refractivity contribution in [2.45, 2.75) is 25.8 Å². The molecule has 5 heterocycles. The maximum atomic E-state index is 5.76. The number of nitrogens with two attached hydrogens (primary N) is 1. The Hall–Kier alpha value is -2.85. The number of nitrogen functional groups attached to an aromatic ring is 1. The molecular formula is C19H24N8O2. The van der Waals surface area contributed by atoms with Gasteiger partial charge in [-0.05, 0) is 19.8 Å². The topological polar surface area (TPSA) is 117 Å². The fourth-order valence-corrected chi connectivity index (χ4v) is 3.95. The molecule has 3 aromatic rings. The number of ether oxygens (including phenoxy) is 2. The minimum Gasteiger partial charge on any atom is -0.381 e. The third kappa shape index (κ3) is 3.38. The van der Waals surface area contributed by atoms with Gasteiger partial charge in [-0.1, -0.05) is 0 Å². The number of hydrogen-bond donors (Lipinski definition) is 1. The Morgan fingerprint density at radius 2 is 1.76 bits per heavy atom. The highest BCUT2D eigenvalue weighted by Crippen LogP contribution is 2.32. The molecule has 2 aliphatic rings. The molecule has 0 atom stereocenters. The molecule has 3 aromatic heterocycles. The molecule has 2 fully saturated rings. The molecular weight excluding hydrogens is 372 g/mol. The summed E-state index contributed by atoms with van der Waals surface area (Å²) in [4.78, 5) is 25.1. The van der Waals surface area contributed by atoms with Gasteiger partial charge in [-0.3, -0.25) is 0 Å². The number of hydrogen-bond acceptors (Lipinski definition) is 9. The molecule has 0 radical (unpaired) electrons. The quantitative estimate of drug-likeness (QED) is 0.700. The van der Waals surface area contributed by atoms with Crippen LogP contribution in [0.25, 0.3) is 22.4 Å². The van der Waals surface area contributed by atoms with Gasteiger partial charge in [0.05, 0.1) is 25.2 Å². The van der Waals surface area contributed by atoms with E-state index in [0.29, 0.717) is 25.2 Å². The molecule has 5 rings (SSSR count). The van der Waals surface area contributed by atoms with Crippen LogP contribution >= 0.6 is 0 Å². The van der Waals surface area contributed by atoms with Crippen LogP contribution in [-0.4, -0.2) is 69.0 Å². The van der Waals surface area contributed by atoms with E-state index in [4.69, 9.17) is 25.2 Å². The first kappa shape index (κ1) is 18.2. The largest absolute Gasteiger partial charge is 0.381 e. The van der Waals surface area contributed by atoms with Crippen molar-refractivity contribution in [3.63, 3.8) is 0 Å². The molecule has 0 amide bonds.